The molecule has 1 unspecified atom stereocenters. The molecule has 0 saturated carbocycles. The van der Waals surface area contributed by atoms with Gasteiger partial charge in [0.2, 0.25) is 11.3 Å². The number of pyridine rings is 2. The van der Waals surface area contributed by atoms with Crippen LogP contribution in [0.25, 0.3) is 11.0 Å². The number of nitrogens with one attached hydrogen (secondary N) is 1. The molecule has 34 heavy (non-hydrogen) atoms. The molecular formula is C21H20N8O4S. The van der Waals surface area contributed by atoms with Gasteiger partial charge in [-0.2, -0.15) is 0 Å². The first-order valence-corrected chi connectivity index (χ1v) is 11.2. The fraction of sp³-hybridized carbons (Fsp3) is 0.286. The van der Waals surface area contributed by atoms with Gasteiger partial charge in [0.05, 0.1) is 11.4 Å². The van der Waals surface area contributed by atoms with Crippen LogP contribution < -0.4 is 15.6 Å². The van der Waals surface area contributed by atoms with Gasteiger partial charge in [0.1, 0.15) is 23.4 Å². The molecule has 0 aliphatic carbocycles. The summed E-state index contributed by atoms with van der Waals surface area (Å²) in [5.41, 5.74) is -0.263. The number of rotatable bonds is 5. The number of carboxylic acid groups (broad SMARTS) is 1. The monoisotopic (exact) mass is 480 g/mol. The van der Waals surface area contributed by atoms with Gasteiger partial charge >= 0.3 is 5.97 Å². The Balaban J connectivity index is 1.46. The minimum Gasteiger partial charge on any atom is -0.477 e. The molecule has 0 bridgehead atoms. The number of amides is 1. The molecule has 2 N–H and O–H groups in total. The van der Waals surface area contributed by atoms with Gasteiger partial charge < -0.3 is 20.2 Å². The van der Waals surface area contributed by atoms with Crippen LogP contribution in [0, 0.1) is 6.92 Å². The summed E-state index contributed by atoms with van der Waals surface area (Å²) in [6.45, 7) is 2.81. The summed E-state index contributed by atoms with van der Waals surface area (Å²) in [5, 5.41) is 12.7. The highest BCUT2D eigenvalue weighted by molar-refractivity contribution is 7.98. The van der Waals surface area contributed by atoms with E-state index in [-0.39, 0.29) is 34.2 Å². The summed E-state index contributed by atoms with van der Waals surface area (Å²) in [7, 11) is 1.81. The molecule has 2 aliphatic rings. The van der Waals surface area contributed by atoms with Crippen LogP contribution in [0.3, 0.4) is 0 Å². The molecule has 5 rings (SSSR count). The lowest BCUT2D eigenvalue weighted by Gasteiger charge is -2.40. The van der Waals surface area contributed by atoms with Gasteiger partial charge in [-0.05, 0) is 24.6 Å². The number of hydrogen-bond acceptors (Lipinski definition) is 10. The van der Waals surface area contributed by atoms with E-state index in [4.69, 9.17) is 4.98 Å². The molecule has 13 heteroatoms. The number of aromatic nitrogens is 4. The molecular weight excluding hydrogens is 460 g/mol. The Morgan fingerprint density at radius 2 is 1.97 bits per heavy atom. The second-order valence-corrected chi connectivity index (χ2v) is 8.89. The van der Waals surface area contributed by atoms with E-state index in [0.29, 0.717) is 30.1 Å². The SMILES string of the molecule is Cc1cc(N2CC(NC(=O)c3ncccn3)C2)nc2c1c(=O)c(C(=O)O)cn2C1SN=CN1C. The van der Waals surface area contributed by atoms with Crippen LogP contribution >= 0.6 is 11.9 Å². The van der Waals surface area contributed by atoms with Crippen molar-refractivity contribution >= 4 is 47.0 Å². The molecule has 2 aliphatic heterocycles. The second-order valence-electron chi connectivity index (χ2n) is 8.05. The zero-order valence-electron chi connectivity index (χ0n) is 18.2. The maximum absolute atomic E-state index is 13.0. The van der Waals surface area contributed by atoms with Crippen molar-refractivity contribution in [3.63, 3.8) is 0 Å². The number of aryl methyl sites for hydroxylation is 1. The largest absolute Gasteiger partial charge is 0.477 e. The summed E-state index contributed by atoms with van der Waals surface area (Å²) in [6, 6.07) is 3.30. The molecule has 0 radical (unpaired) electrons. The Hall–Kier alpha value is -4.00. The van der Waals surface area contributed by atoms with E-state index in [1.165, 1.54) is 30.5 Å². The normalized spacial score (nSPS) is 17.8. The summed E-state index contributed by atoms with van der Waals surface area (Å²) in [5.74, 6) is -0.891. The van der Waals surface area contributed by atoms with Crippen molar-refractivity contribution in [3.8, 4) is 0 Å². The lowest BCUT2D eigenvalue weighted by atomic mass is 10.1. The van der Waals surface area contributed by atoms with E-state index in [2.05, 4.69) is 19.7 Å². The van der Waals surface area contributed by atoms with E-state index in [1.54, 1.807) is 30.0 Å². The Bertz CT molecular complexity index is 1390. The van der Waals surface area contributed by atoms with Crippen molar-refractivity contribution < 1.29 is 14.7 Å². The second kappa shape index (κ2) is 8.41. The van der Waals surface area contributed by atoms with Crippen LogP contribution in [0.1, 0.15) is 32.0 Å². The Morgan fingerprint density at radius 1 is 1.24 bits per heavy atom. The number of fused-ring (bicyclic) bond motifs is 1. The quantitative estimate of drug-likeness (QED) is 0.505. The van der Waals surface area contributed by atoms with Gasteiger partial charge in [-0.15, -0.1) is 0 Å². The number of carbonyl (C=O) groups excluding carboxylic acids is 1. The zero-order valence-corrected chi connectivity index (χ0v) is 19.1. The highest BCUT2D eigenvalue weighted by Crippen LogP contribution is 2.34. The molecule has 174 valence electrons. The predicted octanol–water partition coefficient (Wildman–Crippen LogP) is 0.890. The number of aromatic carboxylic acids is 1. The van der Waals surface area contributed by atoms with Gasteiger partial charge in [-0.25, -0.2) is 24.1 Å². The fourth-order valence-electron chi connectivity index (χ4n) is 3.94. The summed E-state index contributed by atoms with van der Waals surface area (Å²) < 4.78 is 5.85. The van der Waals surface area contributed by atoms with Crippen LogP contribution in [0.15, 0.2) is 39.9 Å². The van der Waals surface area contributed by atoms with Crippen molar-refractivity contribution in [2.45, 2.75) is 18.5 Å². The van der Waals surface area contributed by atoms with E-state index in [0.717, 1.165) is 0 Å². The van der Waals surface area contributed by atoms with Gasteiger partial charge in [0.25, 0.3) is 5.91 Å². The highest BCUT2D eigenvalue weighted by Gasteiger charge is 2.32. The molecule has 0 aromatic carbocycles. The smallest absolute Gasteiger partial charge is 0.341 e. The van der Waals surface area contributed by atoms with Gasteiger partial charge in [-0.3, -0.25) is 14.2 Å². The minimum atomic E-state index is -1.29. The summed E-state index contributed by atoms with van der Waals surface area (Å²) in [6.07, 6.45) is 5.98. The molecule has 5 heterocycles. The molecule has 1 atom stereocenters. The molecule has 3 aromatic rings. The average molecular weight is 481 g/mol. The van der Waals surface area contributed by atoms with Crippen molar-refractivity contribution in [2.24, 2.45) is 4.40 Å². The van der Waals surface area contributed by atoms with Gasteiger partial charge in [0.15, 0.2) is 5.50 Å². The van der Waals surface area contributed by atoms with E-state index in [9.17, 15) is 19.5 Å². The highest BCUT2D eigenvalue weighted by atomic mass is 32.2. The van der Waals surface area contributed by atoms with Crippen LogP contribution in [0.5, 0.6) is 0 Å². The maximum Gasteiger partial charge on any atom is 0.341 e. The number of carboxylic acids is 1. The Kier molecular flexibility index (Phi) is 5.40. The standard InChI is InChI=1S/C21H20N8O4S/c1-11-6-14(28-7-12(8-28)25-19(31)17-22-4-3-5-23-17)26-18-15(11)16(30)13(20(32)33)9-29(18)21-27(2)10-24-34-21/h3-6,9-10,12,21H,7-8H2,1-2H3,(H,25,31)(H,32,33). The average Bonchev–Trinajstić information content (AvgIpc) is 3.21. The van der Waals surface area contributed by atoms with Crippen LogP contribution in [-0.4, -0.2) is 73.9 Å². The Labute approximate surface area is 197 Å². The molecule has 1 fully saturated rings. The Morgan fingerprint density at radius 3 is 2.62 bits per heavy atom. The minimum absolute atomic E-state index is 0.101. The van der Waals surface area contributed by atoms with E-state index in [1.807, 2.05) is 16.8 Å². The molecule has 0 spiro atoms. The number of nitrogens with zero attached hydrogens (tertiary/aromatic N) is 7. The van der Waals surface area contributed by atoms with Crippen LogP contribution in [0.2, 0.25) is 0 Å². The van der Waals surface area contributed by atoms with Crippen molar-refractivity contribution in [1.82, 2.24) is 29.7 Å². The lowest BCUT2D eigenvalue weighted by molar-refractivity contribution is 0.0694. The van der Waals surface area contributed by atoms with Crippen molar-refractivity contribution in [1.29, 1.82) is 0 Å². The first kappa shape index (κ1) is 21.8. The third-order valence-corrected chi connectivity index (χ3v) is 6.64. The zero-order chi connectivity index (χ0) is 24.0. The van der Waals surface area contributed by atoms with Crippen molar-refractivity contribution in [3.05, 3.63) is 57.9 Å². The topological polar surface area (TPSA) is 146 Å². The molecule has 12 nitrogen and oxygen atoms in total. The maximum atomic E-state index is 13.0. The summed E-state index contributed by atoms with van der Waals surface area (Å²) in [4.78, 5) is 53.4. The molecule has 3 aromatic heterocycles. The lowest BCUT2D eigenvalue weighted by Crippen LogP contribution is -2.59. The van der Waals surface area contributed by atoms with Gasteiger partial charge in [-0.1, -0.05) is 0 Å². The van der Waals surface area contributed by atoms with Gasteiger partial charge in [0, 0.05) is 50.7 Å². The number of anilines is 1. The predicted molar refractivity (Wildman–Crippen MR) is 126 cm³/mol. The number of hydrogen-bond donors (Lipinski definition) is 2. The third kappa shape index (κ3) is 3.73. The molecule has 1 amide bonds. The van der Waals surface area contributed by atoms with Crippen LogP contribution in [0.4, 0.5) is 5.82 Å². The third-order valence-electron chi connectivity index (χ3n) is 5.68. The number of carbonyl (C=O) groups is 2. The van der Waals surface area contributed by atoms with Crippen molar-refractivity contribution in [2.75, 3.05) is 25.0 Å². The first-order valence-electron chi connectivity index (χ1n) is 10.4. The molecule has 1 saturated heterocycles. The fourth-order valence-corrected chi connectivity index (χ4v) is 4.72. The van der Waals surface area contributed by atoms with Crippen LogP contribution in [-0.2, 0) is 0 Å². The van der Waals surface area contributed by atoms with E-state index >= 15 is 0 Å². The summed E-state index contributed by atoms with van der Waals surface area (Å²) >= 11 is 1.24. The first-order chi connectivity index (χ1) is 16.3. The van der Waals surface area contributed by atoms with E-state index < -0.39 is 11.4 Å².